The van der Waals surface area contributed by atoms with Gasteiger partial charge >= 0.3 is 0 Å². The molecule has 1 saturated heterocycles. The molecule has 7 heteroatoms. The first-order valence-electron chi connectivity index (χ1n) is 10.8. The Labute approximate surface area is 176 Å². The Hall–Kier alpha value is -2.93. The molecule has 2 aromatic heterocycles. The van der Waals surface area contributed by atoms with E-state index in [1.54, 1.807) is 6.33 Å². The number of hydrogen-bond donors (Lipinski definition) is 2. The Morgan fingerprint density at radius 2 is 2.03 bits per heavy atom. The Balaban J connectivity index is 1.24. The Morgan fingerprint density at radius 3 is 2.87 bits per heavy atom. The number of aromatic amines is 1. The van der Waals surface area contributed by atoms with Crippen molar-refractivity contribution in [1.29, 1.82) is 0 Å². The molecule has 5 rings (SSSR count). The number of aryl methyl sites for hydroxylation is 1. The molecule has 3 heterocycles. The number of rotatable bonds is 4. The van der Waals surface area contributed by atoms with Crippen LogP contribution in [0.1, 0.15) is 36.1 Å². The fourth-order valence-corrected chi connectivity index (χ4v) is 4.87. The second-order valence-corrected chi connectivity index (χ2v) is 8.48. The van der Waals surface area contributed by atoms with E-state index in [1.807, 2.05) is 29.3 Å². The number of carbonyl (C=O) groups is 1. The predicted octanol–water partition coefficient (Wildman–Crippen LogP) is 2.23. The molecule has 2 aliphatic rings. The second kappa shape index (κ2) is 7.72. The molecule has 1 aromatic carbocycles. The SMILES string of the molecule is C[C@@H]1CCc2ncnc(N3CCN(C(=O)[C@H](N)Cc4c[nH]c5ccccc45)CC3)c21. The van der Waals surface area contributed by atoms with Gasteiger partial charge in [0, 0.05) is 54.5 Å². The van der Waals surface area contributed by atoms with Gasteiger partial charge in [-0.3, -0.25) is 4.79 Å². The highest BCUT2D eigenvalue weighted by molar-refractivity contribution is 5.86. The van der Waals surface area contributed by atoms with Crippen LogP contribution in [0, 0.1) is 0 Å². The third-order valence-corrected chi connectivity index (χ3v) is 6.58. The number of fused-ring (bicyclic) bond motifs is 2. The minimum atomic E-state index is -0.529. The van der Waals surface area contributed by atoms with Gasteiger partial charge in [0.25, 0.3) is 0 Å². The molecule has 0 saturated carbocycles. The van der Waals surface area contributed by atoms with Crippen LogP contribution in [-0.2, 0) is 17.6 Å². The molecule has 0 unspecified atom stereocenters. The highest BCUT2D eigenvalue weighted by Crippen LogP contribution is 2.37. The molecule has 1 fully saturated rings. The lowest BCUT2D eigenvalue weighted by molar-refractivity contribution is -0.132. The van der Waals surface area contributed by atoms with Crippen LogP contribution in [0.5, 0.6) is 0 Å². The van der Waals surface area contributed by atoms with Crippen LogP contribution < -0.4 is 10.6 Å². The van der Waals surface area contributed by atoms with Crippen LogP contribution in [0.25, 0.3) is 10.9 Å². The first-order valence-corrected chi connectivity index (χ1v) is 10.8. The van der Waals surface area contributed by atoms with Gasteiger partial charge in [-0.1, -0.05) is 25.1 Å². The number of nitrogens with one attached hydrogen (secondary N) is 1. The molecule has 1 aliphatic heterocycles. The van der Waals surface area contributed by atoms with E-state index in [2.05, 4.69) is 32.8 Å². The van der Waals surface area contributed by atoms with Crippen LogP contribution in [0.15, 0.2) is 36.8 Å². The maximum atomic E-state index is 13.0. The molecule has 3 N–H and O–H groups in total. The van der Waals surface area contributed by atoms with E-state index in [9.17, 15) is 4.79 Å². The fraction of sp³-hybridized carbons (Fsp3) is 0.435. The van der Waals surface area contributed by atoms with Gasteiger partial charge in [0.15, 0.2) is 0 Å². The zero-order valence-corrected chi connectivity index (χ0v) is 17.3. The molecule has 1 amide bonds. The van der Waals surface area contributed by atoms with Gasteiger partial charge in [0.05, 0.1) is 6.04 Å². The first-order chi connectivity index (χ1) is 14.6. The number of amides is 1. The second-order valence-electron chi connectivity index (χ2n) is 8.48. The van der Waals surface area contributed by atoms with E-state index >= 15 is 0 Å². The smallest absolute Gasteiger partial charge is 0.239 e. The number of H-pyrrole nitrogens is 1. The highest BCUT2D eigenvalue weighted by Gasteiger charge is 2.30. The van der Waals surface area contributed by atoms with E-state index in [4.69, 9.17) is 5.73 Å². The van der Waals surface area contributed by atoms with Crippen molar-refractivity contribution in [3.63, 3.8) is 0 Å². The van der Waals surface area contributed by atoms with Crippen molar-refractivity contribution in [3.05, 3.63) is 53.6 Å². The van der Waals surface area contributed by atoms with Crippen LogP contribution in [0.4, 0.5) is 5.82 Å². The molecule has 0 radical (unpaired) electrons. The van der Waals surface area contributed by atoms with Crippen molar-refractivity contribution in [1.82, 2.24) is 19.9 Å². The van der Waals surface area contributed by atoms with E-state index < -0.39 is 6.04 Å². The minimum absolute atomic E-state index is 0.0289. The van der Waals surface area contributed by atoms with Crippen molar-refractivity contribution < 1.29 is 4.79 Å². The third-order valence-electron chi connectivity index (χ3n) is 6.58. The van der Waals surface area contributed by atoms with Crippen molar-refractivity contribution in [2.75, 3.05) is 31.1 Å². The Morgan fingerprint density at radius 1 is 1.23 bits per heavy atom. The third kappa shape index (κ3) is 3.33. The maximum absolute atomic E-state index is 13.0. The lowest BCUT2D eigenvalue weighted by atomic mass is 10.0. The summed E-state index contributed by atoms with van der Waals surface area (Å²) >= 11 is 0. The van der Waals surface area contributed by atoms with Crippen molar-refractivity contribution in [2.24, 2.45) is 5.73 Å². The Bertz CT molecular complexity index is 1070. The number of aromatic nitrogens is 3. The summed E-state index contributed by atoms with van der Waals surface area (Å²) < 4.78 is 0. The monoisotopic (exact) mass is 404 g/mol. The van der Waals surface area contributed by atoms with Gasteiger partial charge in [-0.2, -0.15) is 0 Å². The zero-order chi connectivity index (χ0) is 20.7. The molecule has 0 bridgehead atoms. The topological polar surface area (TPSA) is 91.1 Å². The molecule has 30 heavy (non-hydrogen) atoms. The fourth-order valence-electron chi connectivity index (χ4n) is 4.87. The van der Waals surface area contributed by atoms with E-state index in [1.165, 1.54) is 11.3 Å². The average molecular weight is 405 g/mol. The zero-order valence-electron chi connectivity index (χ0n) is 17.3. The van der Waals surface area contributed by atoms with Crippen LogP contribution in [-0.4, -0.2) is 58.0 Å². The summed E-state index contributed by atoms with van der Waals surface area (Å²) in [6.45, 7) is 5.16. The van der Waals surface area contributed by atoms with Crippen LogP contribution in [0.3, 0.4) is 0 Å². The quantitative estimate of drug-likeness (QED) is 0.696. The summed E-state index contributed by atoms with van der Waals surface area (Å²) in [6.07, 6.45) is 6.36. The Kier molecular flexibility index (Phi) is 4.90. The van der Waals surface area contributed by atoms with Crippen molar-refractivity contribution in [2.45, 2.75) is 38.1 Å². The lowest BCUT2D eigenvalue weighted by Gasteiger charge is -2.37. The standard InChI is InChI=1S/C23H28N6O/c1-15-6-7-20-21(15)22(27-14-26-20)28-8-10-29(11-9-28)23(30)18(24)12-16-13-25-19-5-3-2-4-17(16)19/h2-5,13-15,18,25H,6-12,24H2,1H3/t15-,18-/m1/s1. The molecule has 2 atom stereocenters. The van der Waals surface area contributed by atoms with E-state index in [0.717, 1.165) is 48.2 Å². The minimum Gasteiger partial charge on any atom is -0.361 e. The number of nitrogens with zero attached hydrogens (tertiary/aromatic N) is 4. The normalized spacial score (nSPS) is 19.9. The number of hydrogen-bond acceptors (Lipinski definition) is 5. The molecule has 7 nitrogen and oxygen atoms in total. The van der Waals surface area contributed by atoms with Gasteiger partial charge in [-0.25, -0.2) is 9.97 Å². The van der Waals surface area contributed by atoms with Gasteiger partial charge < -0.3 is 20.5 Å². The molecular formula is C23H28N6O. The van der Waals surface area contributed by atoms with Crippen molar-refractivity contribution in [3.8, 4) is 0 Å². The number of piperazine rings is 1. The highest BCUT2D eigenvalue weighted by atomic mass is 16.2. The lowest BCUT2D eigenvalue weighted by Crippen LogP contribution is -2.54. The first kappa shape index (κ1) is 19.1. The molecule has 3 aromatic rings. The van der Waals surface area contributed by atoms with Crippen LogP contribution in [0.2, 0.25) is 0 Å². The summed E-state index contributed by atoms with van der Waals surface area (Å²) in [4.78, 5) is 29.5. The molecule has 0 spiro atoms. The summed E-state index contributed by atoms with van der Waals surface area (Å²) in [5.41, 5.74) is 11.0. The van der Waals surface area contributed by atoms with Gasteiger partial charge in [0.1, 0.15) is 12.1 Å². The largest absolute Gasteiger partial charge is 0.361 e. The summed E-state index contributed by atoms with van der Waals surface area (Å²) in [5.74, 6) is 1.59. The average Bonchev–Trinajstić information content (AvgIpc) is 3.37. The summed E-state index contributed by atoms with van der Waals surface area (Å²) in [5, 5.41) is 1.14. The van der Waals surface area contributed by atoms with Gasteiger partial charge in [-0.15, -0.1) is 0 Å². The van der Waals surface area contributed by atoms with Gasteiger partial charge in [-0.05, 0) is 36.8 Å². The number of carbonyl (C=O) groups excluding carboxylic acids is 1. The predicted molar refractivity (Wildman–Crippen MR) is 118 cm³/mol. The van der Waals surface area contributed by atoms with E-state index in [-0.39, 0.29) is 5.91 Å². The van der Waals surface area contributed by atoms with E-state index in [0.29, 0.717) is 25.4 Å². The number of anilines is 1. The maximum Gasteiger partial charge on any atom is 0.239 e. The molecule has 156 valence electrons. The molecule has 1 aliphatic carbocycles. The summed E-state index contributed by atoms with van der Waals surface area (Å²) in [7, 11) is 0. The van der Waals surface area contributed by atoms with Crippen molar-refractivity contribution >= 4 is 22.6 Å². The van der Waals surface area contributed by atoms with Crippen LogP contribution >= 0.6 is 0 Å². The summed E-state index contributed by atoms with van der Waals surface area (Å²) in [6, 6.07) is 7.59. The number of nitrogens with two attached hydrogens (primary N) is 1. The number of para-hydroxylation sites is 1. The number of benzene rings is 1. The molecular weight excluding hydrogens is 376 g/mol. The van der Waals surface area contributed by atoms with Gasteiger partial charge in [0.2, 0.25) is 5.91 Å².